The van der Waals surface area contributed by atoms with Crippen LogP contribution in [0.5, 0.6) is 11.5 Å². The number of hydrazone groups is 1. The number of rotatable bonds is 4. The number of nitrogens with zero attached hydrogens (tertiary/aromatic N) is 3. The topological polar surface area (TPSA) is 121 Å². The Morgan fingerprint density at radius 1 is 1.26 bits per heavy atom. The van der Waals surface area contributed by atoms with Gasteiger partial charge < -0.3 is 9.47 Å². The highest BCUT2D eigenvalue weighted by Crippen LogP contribution is 2.32. The van der Waals surface area contributed by atoms with Crippen LogP contribution in [0.1, 0.15) is 12.5 Å². The van der Waals surface area contributed by atoms with Crippen molar-refractivity contribution in [2.75, 3.05) is 20.0 Å². The Bertz CT molecular complexity index is 1030. The molecule has 2 heterocycles. The molecule has 0 spiro atoms. The van der Waals surface area contributed by atoms with E-state index in [4.69, 9.17) is 14.9 Å². The largest absolute Gasteiger partial charge is 0.493 e. The van der Waals surface area contributed by atoms with Crippen molar-refractivity contribution in [3.8, 4) is 11.5 Å². The lowest BCUT2D eigenvalue weighted by atomic mass is 10.1. The molecule has 3 rings (SSSR count). The zero-order valence-corrected chi connectivity index (χ0v) is 16.3. The van der Waals surface area contributed by atoms with Crippen molar-refractivity contribution in [2.24, 2.45) is 10.1 Å². The van der Waals surface area contributed by atoms with Gasteiger partial charge in [-0.05, 0) is 35.5 Å². The lowest BCUT2D eigenvalue weighted by molar-refractivity contribution is -0.114. The van der Waals surface area contributed by atoms with Crippen molar-refractivity contribution in [1.29, 1.82) is 5.41 Å². The second-order valence-electron chi connectivity index (χ2n) is 5.40. The molecule has 1 N–H and O–H groups in total. The predicted molar refractivity (Wildman–Crippen MR) is 104 cm³/mol. The lowest BCUT2D eigenvalue weighted by Crippen LogP contribution is -2.35. The van der Waals surface area contributed by atoms with Crippen LogP contribution in [-0.2, 0) is 14.6 Å². The van der Waals surface area contributed by atoms with Crippen LogP contribution in [0.25, 0.3) is 6.08 Å². The van der Waals surface area contributed by atoms with Crippen LogP contribution in [0.2, 0.25) is 0 Å². The first-order chi connectivity index (χ1) is 12.8. The van der Waals surface area contributed by atoms with Crippen molar-refractivity contribution in [3.05, 3.63) is 29.3 Å². The first-order valence-electron chi connectivity index (χ1n) is 7.75. The minimum atomic E-state index is -3.56. The summed E-state index contributed by atoms with van der Waals surface area (Å²) in [5.74, 6) is -0.0143. The van der Waals surface area contributed by atoms with E-state index in [0.717, 1.165) is 16.8 Å². The van der Waals surface area contributed by atoms with Crippen molar-refractivity contribution in [2.45, 2.75) is 6.92 Å². The quantitative estimate of drug-likeness (QED) is 0.753. The predicted octanol–water partition coefficient (Wildman–Crippen LogP) is 1.72. The summed E-state index contributed by atoms with van der Waals surface area (Å²) in [5.41, 5.74) is 0.585. The zero-order valence-electron chi connectivity index (χ0n) is 14.7. The summed E-state index contributed by atoms with van der Waals surface area (Å²) < 4.78 is 34.2. The van der Waals surface area contributed by atoms with Crippen molar-refractivity contribution < 1.29 is 22.7 Å². The van der Waals surface area contributed by atoms with E-state index in [9.17, 15) is 13.2 Å². The molecule has 0 aromatic heterocycles. The summed E-state index contributed by atoms with van der Waals surface area (Å²) >= 11 is 0.765. The molecule has 27 heavy (non-hydrogen) atoms. The number of fused-ring (bicyclic) bond motifs is 1. The molecule has 0 fully saturated rings. The summed E-state index contributed by atoms with van der Waals surface area (Å²) in [6, 6.07) is 5.02. The minimum Gasteiger partial charge on any atom is -0.493 e. The Labute approximate surface area is 160 Å². The van der Waals surface area contributed by atoms with E-state index in [0.29, 0.717) is 17.1 Å². The fraction of sp³-hybridized carbons (Fsp3) is 0.250. The van der Waals surface area contributed by atoms with E-state index < -0.39 is 15.7 Å². The van der Waals surface area contributed by atoms with E-state index in [1.165, 1.54) is 27.2 Å². The van der Waals surface area contributed by atoms with E-state index in [2.05, 4.69) is 10.1 Å². The van der Waals surface area contributed by atoms with Crippen molar-refractivity contribution >= 4 is 49.0 Å². The minimum absolute atomic E-state index is 0.00883. The number of hydrogen-bond acceptors (Lipinski definition) is 8. The number of sulfone groups is 1. The average molecular weight is 408 g/mol. The molecular weight excluding hydrogens is 392 g/mol. The summed E-state index contributed by atoms with van der Waals surface area (Å²) in [7, 11) is -0.555. The fourth-order valence-electron chi connectivity index (χ4n) is 2.33. The van der Waals surface area contributed by atoms with Gasteiger partial charge >= 0.3 is 0 Å². The number of aliphatic imine (C=N–C) groups is 1. The van der Waals surface area contributed by atoms with Gasteiger partial charge in [0.05, 0.1) is 25.5 Å². The Morgan fingerprint density at radius 3 is 2.59 bits per heavy atom. The number of thioether (sulfide) groups is 1. The molecule has 11 heteroatoms. The summed E-state index contributed by atoms with van der Waals surface area (Å²) in [6.45, 7) is 1.50. The molecule has 2 aliphatic rings. The molecule has 0 saturated heterocycles. The number of benzene rings is 1. The standard InChI is InChI=1S/C16H16N4O5S2/c1-4-27(22,23)16-19-20-13(17)10(14(21)18-15(20)26-16)7-9-5-6-11(24-2)12(8-9)25-3/h5-8,17H,4H2,1-3H3/b10-7-,17-13?. The van der Waals surface area contributed by atoms with Gasteiger partial charge in [0.1, 0.15) is 0 Å². The second-order valence-corrected chi connectivity index (χ2v) is 8.81. The van der Waals surface area contributed by atoms with Gasteiger partial charge in [-0.3, -0.25) is 10.2 Å². The lowest BCUT2D eigenvalue weighted by Gasteiger charge is -2.20. The molecule has 0 bridgehead atoms. The molecule has 0 aliphatic carbocycles. The zero-order chi connectivity index (χ0) is 19.8. The number of hydrogen-bond donors (Lipinski definition) is 1. The van der Waals surface area contributed by atoms with Gasteiger partial charge in [-0.15, -0.1) is 5.10 Å². The van der Waals surface area contributed by atoms with Crippen LogP contribution in [0.4, 0.5) is 0 Å². The van der Waals surface area contributed by atoms with Gasteiger partial charge in [-0.25, -0.2) is 8.42 Å². The van der Waals surface area contributed by atoms with Crippen molar-refractivity contribution in [1.82, 2.24) is 5.01 Å². The van der Waals surface area contributed by atoms with Crippen molar-refractivity contribution in [3.63, 3.8) is 0 Å². The van der Waals surface area contributed by atoms with E-state index in [1.54, 1.807) is 18.2 Å². The number of amides is 1. The van der Waals surface area contributed by atoms with Crippen LogP contribution in [0, 0.1) is 5.41 Å². The number of ether oxygens (including phenoxy) is 2. The molecule has 1 amide bonds. The number of amidine groups is 2. The monoisotopic (exact) mass is 408 g/mol. The van der Waals surface area contributed by atoms with Gasteiger partial charge in [-0.1, -0.05) is 13.0 Å². The van der Waals surface area contributed by atoms with Gasteiger partial charge in [0, 0.05) is 0 Å². The molecule has 1 aromatic carbocycles. The Kier molecular flexibility index (Phi) is 5.07. The Hall–Kier alpha value is -2.66. The van der Waals surface area contributed by atoms with Crippen LogP contribution in [0.15, 0.2) is 33.9 Å². The number of carbonyl (C=O) groups is 1. The third kappa shape index (κ3) is 3.47. The van der Waals surface area contributed by atoms with E-state index in [1.807, 2.05) is 0 Å². The van der Waals surface area contributed by atoms with E-state index in [-0.39, 0.29) is 26.7 Å². The van der Waals surface area contributed by atoms with Crippen LogP contribution < -0.4 is 9.47 Å². The molecule has 0 atom stereocenters. The van der Waals surface area contributed by atoms with Crippen LogP contribution >= 0.6 is 11.8 Å². The first kappa shape index (κ1) is 19.1. The Balaban J connectivity index is 1.99. The molecule has 0 saturated carbocycles. The Morgan fingerprint density at radius 2 is 1.96 bits per heavy atom. The molecule has 2 aliphatic heterocycles. The molecule has 142 valence electrons. The smallest absolute Gasteiger partial charge is 0.283 e. The molecule has 0 unspecified atom stereocenters. The molecule has 9 nitrogen and oxygen atoms in total. The fourth-order valence-corrected chi connectivity index (χ4v) is 4.50. The number of methoxy groups -OCH3 is 2. The number of carbonyl (C=O) groups excluding carboxylic acids is 1. The highest BCUT2D eigenvalue weighted by atomic mass is 32.3. The summed E-state index contributed by atoms with van der Waals surface area (Å²) in [4.78, 5) is 16.2. The molecule has 0 radical (unpaired) electrons. The third-order valence-electron chi connectivity index (χ3n) is 3.80. The maximum Gasteiger partial charge on any atom is 0.283 e. The first-order valence-corrected chi connectivity index (χ1v) is 10.2. The highest BCUT2D eigenvalue weighted by Gasteiger charge is 2.39. The third-order valence-corrected chi connectivity index (χ3v) is 6.89. The molecule has 1 aromatic rings. The van der Waals surface area contributed by atoms with Gasteiger partial charge in [0.2, 0.25) is 19.4 Å². The van der Waals surface area contributed by atoms with Gasteiger partial charge in [0.15, 0.2) is 17.3 Å². The second kappa shape index (κ2) is 7.16. The maximum absolute atomic E-state index is 12.4. The maximum atomic E-state index is 12.4. The van der Waals surface area contributed by atoms with Gasteiger partial charge in [0.25, 0.3) is 5.91 Å². The number of nitrogens with one attached hydrogen (secondary N) is 1. The average Bonchev–Trinajstić information content (AvgIpc) is 3.09. The van der Waals surface area contributed by atoms with E-state index >= 15 is 0 Å². The SMILES string of the molecule is CCS(=O)(=O)C1=NN2C(=N)/C(=C/c3ccc(OC)c(OC)c3)C(=O)N=C2S1. The summed E-state index contributed by atoms with van der Waals surface area (Å²) in [5, 5.41) is 13.3. The van der Waals surface area contributed by atoms with Crippen LogP contribution in [0.3, 0.4) is 0 Å². The van der Waals surface area contributed by atoms with Gasteiger partial charge in [-0.2, -0.15) is 10.0 Å². The highest BCUT2D eigenvalue weighted by molar-refractivity contribution is 8.42. The molecular formula is C16H16N4O5S2. The summed E-state index contributed by atoms with van der Waals surface area (Å²) in [6.07, 6.45) is 1.47. The normalized spacial score (nSPS) is 18.3. The van der Waals surface area contributed by atoms with Crippen LogP contribution in [-0.4, -0.2) is 54.7 Å².